The molecule has 0 radical (unpaired) electrons. The van der Waals surface area contributed by atoms with Crippen LogP contribution >= 0.6 is 0 Å². The smallest absolute Gasteiger partial charge is 0.239 e. The highest BCUT2D eigenvalue weighted by molar-refractivity contribution is 5.88. The summed E-state index contributed by atoms with van der Waals surface area (Å²) in [5.74, 6) is -3.54. The predicted octanol–water partition coefficient (Wildman–Crippen LogP) is -2.71. The van der Waals surface area contributed by atoms with Crippen molar-refractivity contribution >= 4 is 11.0 Å². The first-order valence-electron chi connectivity index (χ1n) is 13.2. The molecule has 10 atom stereocenters. The number of hydrogen-bond acceptors (Lipinski definition) is 17. The quantitative estimate of drug-likeness (QED) is 0.119. The second-order valence-electron chi connectivity index (χ2n) is 10.3. The van der Waals surface area contributed by atoms with Crippen molar-refractivity contribution in [2.24, 2.45) is 0 Å². The Hall–Kier alpha value is -3.75. The van der Waals surface area contributed by atoms with Gasteiger partial charge >= 0.3 is 0 Å². The molecule has 2 saturated heterocycles. The number of rotatable bonds is 7. The summed E-state index contributed by atoms with van der Waals surface area (Å²) in [4.78, 5) is 13.7. The Bertz CT molecular complexity index is 1560. The SMILES string of the molecule is O=c1c(O[C@@H]2O[C@H](CO)[C@@H](O)[C@H](O)[C@H]2O[C@H]2O[C@@H](CO)[C@H](O)[C@@H](O)[C@@H]2O)c(-c2ccc(O)c(O)c2)oc2cc(O)cc(O)c12. The van der Waals surface area contributed by atoms with E-state index in [0.717, 1.165) is 24.3 Å². The summed E-state index contributed by atoms with van der Waals surface area (Å²) in [6.07, 6.45) is -18.0. The fraction of sp³-hybridized carbons (Fsp3) is 0.444. The van der Waals surface area contributed by atoms with E-state index < -0.39 is 120 Å². The number of aliphatic hydroxyl groups is 7. The van der Waals surface area contributed by atoms with Crippen molar-refractivity contribution in [1.82, 2.24) is 0 Å². The van der Waals surface area contributed by atoms with Crippen molar-refractivity contribution < 1.29 is 79.5 Å². The molecule has 2 aliphatic rings. The molecule has 0 amide bonds. The molecule has 17 nitrogen and oxygen atoms in total. The summed E-state index contributed by atoms with van der Waals surface area (Å²) in [6.45, 7) is -1.68. The van der Waals surface area contributed by atoms with E-state index >= 15 is 0 Å². The zero-order valence-corrected chi connectivity index (χ0v) is 22.4. The molecule has 2 fully saturated rings. The lowest BCUT2D eigenvalue weighted by atomic mass is 9.97. The van der Waals surface area contributed by atoms with Crippen LogP contribution in [0.4, 0.5) is 0 Å². The normalized spacial score (nSPS) is 32.5. The minimum atomic E-state index is -1.97. The Morgan fingerprint density at radius 1 is 0.705 bits per heavy atom. The van der Waals surface area contributed by atoms with Crippen molar-refractivity contribution in [3.8, 4) is 40.1 Å². The van der Waals surface area contributed by atoms with E-state index in [1.807, 2.05) is 0 Å². The summed E-state index contributed by atoms with van der Waals surface area (Å²) < 4.78 is 28.1. The molecule has 240 valence electrons. The van der Waals surface area contributed by atoms with E-state index in [-0.39, 0.29) is 11.1 Å². The maximum atomic E-state index is 13.7. The van der Waals surface area contributed by atoms with E-state index in [2.05, 4.69) is 0 Å². The molecule has 0 aliphatic carbocycles. The molecule has 11 N–H and O–H groups in total. The van der Waals surface area contributed by atoms with Gasteiger partial charge < -0.3 is 79.5 Å². The Morgan fingerprint density at radius 3 is 1.98 bits per heavy atom. The van der Waals surface area contributed by atoms with Gasteiger partial charge in [0.15, 0.2) is 29.7 Å². The molecule has 0 bridgehead atoms. The average Bonchev–Trinajstić information content (AvgIpc) is 2.98. The third-order valence-corrected chi connectivity index (χ3v) is 7.35. The fourth-order valence-corrected chi connectivity index (χ4v) is 4.98. The van der Waals surface area contributed by atoms with Crippen molar-refractivity contribution in [2.75, 3.05) is 13.2 Å². The zero-order chi connectivity index (χ0) is 32.0. The van der Waals surface area contributed by atoms with Gasteiger partial charge in [-0.1, -0.05) is 0 Å². The summed E-state index contributed by atoms with van der Waals surface area (Å²) in [5.41, 5.74) is -1.47. The molecule has 1 aromatic heterocycles. The third kappa shape index (κ3) is 5.61. The maximum absolute atomic E-state index is 13.7. The minimum absolute atomic E-state index is 0.0707. The van der Waals surface area contributed by atoms with Gasteiger partial charge in [-0.3, -0.25) is 4.79 Å². The molecule has 0 saturated carbocycles. The van der Waals surface area contributed by atoms with Crippen molar-refractivity contribution in [3.05, 3.63) is 40.6 Å². The Labute approximate surface area is 246 Å². The number of ether oxygens (including phenoxy) is 4. The molecule has 3 aromatic rings. The standard InChI is InChI=1S/C27H30O17/c28-6-14-17(34)20(37)22(39)26(41-14)44-25-21(38)18(35)15(7-29)42-27(25)43-24-19(36)16-12(33)4-9(30)5-13(16)40-23(24)8-1-2-10(31)11(32)3-8/h1-5,14-15,17-18,20-22,25-35,37-39H,6-7H2/t14-,15+,17-,18+,20+,21-,22-,25+,26+,27-/m0/s1. The Kier molecular flexibility index (Phi) is 8.87. The van der Waals surface area contributed by atoms with E-state index in [1.54, 1.807) is 0 Å². The van der Waals surface area contributed by atoms with Crippen LogP contribution < -0.4 is 10.2 Å². The van der Waals surface area contributed by atoms with Crippen LogP contribution in [0.3, 0.4) is 0 Å². The Morgan fingerprint density at radius 2 is 1.34 bits per heavy atom. The van der Waals surface area contributed by atoms with Crippen LogP contribution in [0.15, 0.2) is 39.5 Å². The highest BCUT2D eigenvalue weighted by atomic mass is 16.8. The summed E-state index contributed by atoms with van der Waals surface area (Å²) >= 11 is 0. The van der Waals surface area contributed by atoms with Crippen molar-refractivity contribution in [2.45, 2.75) is 61.4 Å². The second kappa shape index (κ2) is 12.3. The number of benzene rings is 2. The highest BCUT2D eigenvalue weighted by Gasteiger charge is 2.51. The molecule has 0 unspecified atom stereocenters. The molecule has 0 spiro atoms. The zero-order valence-electron chi connectivity index (χ0n) is 22.4. The number of hydrogen-bond donors (Lipinski definition) is 11. The number of phenols is 4. The van der Waals surface area contributed by atoms with E-state index in [4.69, 9.17) is 23.4 Å². The molecular weight excluding hydrogens is 596 g/mol. The van der Waals surface area contributed by atoms with Gasteiger partial charge in [-0.2, -0.15) is 0 Å². The monoisotopic (exact) mass is 626 g/mol. The van der Waals surface area contributed by atoms with Crippen LogP contribution in [0.25, 0.3) is 22.3 Å². The molecule has 17 heteroatoms. The number of aromatic hydroxyl groups is 4. The van der Waals surface area contributed by atoms with Gasteiger partial charge in [0.05, 0.1) is 13.2 Å². The lowest BCUT2D eigenvalue weighted by Crippen LogP contribution is -2.65. The summed E-state index contributed by atoms with van der Waals surface area (Å²) in [5, 5.41) is 111. The second-order valence-corrected chi connectivity index (χ2v) is 10.3. The van der Waals surface area contributed by atoms with Gasteiger partial charge in [-0.15, -0.1) is 0 Å². The van der Waals surface area contributed by atoms with Crippen LogP contribution in [0, 0.1) is 0 Å². The van der Waals surface area contributed by atoms with Crippen LogP contribution in [0.5, 0.6) is 28.7 Å². The van der Waals surface area contributed by atoms with Gasteiger partial charge in [0.2, 0.25) is 17.5 Å². The lowest BCUT2D eigenvalue weighted by Gasteiger charge is -2.45. The van der Waals surface area contributed by atoms with Gasteiger partial charge in [0.1, 0.15) is 65.2 Å². The first kappa shape index (κ1) is 31.7. The topological polar surface area (TPSA) is 290 Å². The van der Waals surface area contributed by atoms with Crippen LogP contribution in [-0.2, 0) is 14.2 Å². The summed E-state index contributed by atoms with van der Waals surface area (Å²) in [7, 11) is 0. The first-order valence-corrected chi connectivity index (χ1v) is 13.2. The Balaban J connectivity index is 1.61. The highest BCUT2D eigenvalue weighted by Crippen LogP contribution is 2.40. The van der Waals surface area contributed by atoms with Crippen LogP contribution in [0.2, 0.25) is 0 Å². The predicted molar refractivity (Wildman–Crippen MR) is 142 cm³/mol. The van der Waals surface area contributed by atoms with E-state index in [9.17, 15) is 61.0 Å². The van der Waals surface area contributed by atoms with Crippen molar-refractivity contribution in [3.63, 3.8) is 0 Å². The number of aliphatic hydroxyl groups excluding tert-OH is 7. The lowest BCUT2D eigenvalue weighted by molar-refractivity contribution is -0.358. The summed E-state index contributed by atoms with van der Waals surface area (Å²) in [6, 6.07) is 5.12. The van der Waals surface area contributed by atoms with E-state index in [0.29, 0.717) is 0 Å². The molecule has 44 heavy (non-hydrogen) atoms. The van der Waals surface area contributed by atoms with Crippen molar-refractivity contribution in [1.29, 1.82) is 0 Å². The molecule has 3 heterocycles. The van der Waals surface area contributed by atoms with E-state index in [1.165, 1.54) is 6.07 Å². The molecule has 5 rings (SSSR count). The maximum Gasteiger partial charge on any atom is 0.239 e. The third-order valence-electron chi connectivity index (χ3n) is 7.35. The number of phenolic OH excluding ortho intramolecular Hbond substituents is 4. The fourth-order valence-electron chi connectivity index (χ4n) is 4.98. The van der Waals surface area contributed by atoms with Crippen LogP contribution in [0.1, 0.15) is 0 Å². The van der Waals surface area contributed by atoms with Crippen LogP contribution in [-0.4, -0.2) is 131 Å². The minimum Gasteiger partial charge on any atom is -0.508 e. The number of fused-ring (bicyclic) bond motifs is 1. The molecule has 2 aromatic carbocycles. The first-order chi connectivity index (χ1) is 20.9. The van der Waals surface area contributed by atoms with Gasteiger partial charge in [-0.05, 0) is 18.2 Å². The van der Waals surface area contributed by atoms with Gasteiger partial charge in [-0.25, -0.2) is 0 Å². The average molecular weight is 627 g/mol. The molecule has 2 aliphatic heterocycles. The van der Waals surface area contributed by atoms with Gasteiger partial charge in [0, 0.05) is 17.7 Å². The van der Waals surface area contributed by atoms with Gasteiger partial charge in [0.25, 0.3) is 0 Å². The largest absolute Gasteiger partial charge is 0.508 e. The molecular formula is C27H30O17.